The highest BCUT2D eigenvalue weighted by atomic mass is 16.3. The zero-order valence-electron chi connectivity index (χ0n) is 12.5. The molecule has 1 heterocycles. The number of nitrogens with zero attached hydrogens (tertiary/aromatic N) is 2. The van der Waals surface area contributed by atoms with Gasteiger partial charge in [0.15, 0.2) is 0 Å². The zero-order valence-corrected chi connectivity index (χ0v) is 12.5. The van der Waals surface area contributed by atoms with Crippen LogP contribution >= 0.6 is 0 Å². The van der Waals surface area contributed by atoms with Crippen molar-refractivity contribution < 1.29 is 9.90 Å². The van der Waals surface area contributed by atoms with E-state index in [4.69, 9.17) is 5.11 Å². The number of nitrogens with one attached hydrogen (secondary N) is 1. The lowest BCUT2D eigenvalue weighted by Crippen LogP contribution is -2.32. The van der Waals surface area contributed by atoms with E-state index in [0.717, 1.165) is 16.6 Å². The minimum atomic E-state index is -0.104. The number of anilines is 1. The maximum atomic E-state index is 12.5. The van der Waals surface area contributed by atoms with Gasteiger partial charge in [-0.25, -0.2) is 4.98 Å². The average Bonchev–Trinajstić information content (AvgIpc) is 2.54. The molecular weight excluding hydrogens is 266 g/mol. The second-order valence-corrected chi connectivity index (χ2v) is 4.78. The number of carbonyl (C=O) groups excluding carboxylic acids is 1. The van der Waals surface area contributed by atoms with Gasteiger partial charge in [-0.3, -0.25) is 4.79 Å². The highest BCUT2D eigenvalue weighted by Crippen LogP contribution is 2.23. The van der Waals surface area contributed by atoms with Gasteiger partial charge in [-0.1, -0.05) is 18.2 Å². The first-order valence-electron chi connectivity index (χ1n) is 7.19. The van der Waals surface area contributed by atoms with Crippen LogP contribution in [0.5, 0.6) is 0 Å². The van der Waals surface area contributed by atoms with Crippen LogP contribution in [0.15, 0.2) is 30.3 Å². The Bertz CT molecular complexity index is 628. The van der Waals surface area contributed by atoms with E-state index in [1.54, 1.807) is 11.0 Å². The minimum Gasteiger partial charge on any atom is -0.396 e. The molecule has 5 heteroatoms. The molecule has 2 aromatic rings. The fraction of sp³-hybridized carbons (Fsp3) is 0.375. The molecule has 0 bridgehead atoms. The highest BCUT2D eigenvalue weighted by Gasteiger charge is 2.17. The summed E-state index contributed by atoms with van der Waals surface area (Å²) in [4.78, 5) is 18.7. The van der Waals surface area contributed by atoms with Crippen molar-refractivity contribution in [2.75, 3.05) is 32.1 Å². The van der Waals surface area contributed by atoms with Crippen molar-refractivity contribution in [2.45, 2.75) is 13.3 Å². The van der Waals surface area contributed by atoms with E-state index in [-0.39, 0.29) is 12.5 Å². The largest absolute Gasteiger partial charge is 0.396 e. The molecule has 1 aromatic carbocycles. The summed E-state index contributed by atoms with van der Waals surface area (Å²) < 4.78 is 0. The Balaban J connectivity index is 2.38. The van der Waals surface area contributed by atoms with Gasteiger partial charge >= 0.3 is 0 Å². The molecule has 0 fully saturated rings. The van der Waals surface area contributed by atoms with Crippen LogP contribution in [-0.4, -0.2) is 47.6 Å². The summed E-state index contributed by atoms with van der Waals surface area (Å²) in [5, 5.41) is 13.0. The second kappa shape index (κ2) is 7.04. The van der Waals surface area contributed by atoms with Crippen molar-refractivity contribution in [2.24, 2.45) is 0 Å². The van der Waals surface area contributed by atoms with Crippen molar-refractivity contribution in [1.29, 1.82) is 0 Å². The number of para-hydroxylation sites is 1. The van der Waals surface area contributed by atoms with E-state index in [2.05, 4.69) is 10.3 Å². The minimum absolute atomic E-state index is 0.0801. The molecule has 0 aliphatic carbocycles. The molecule has 1 aromatic heterocycles. The molecule has 0 saturated carbocycles. The summed E-state index contributed by atoms with van der Waals surface area (Å²) >= 11 is 0. The van der Waals surface area contributed by atoms with Crippen molar-refractivity contribution in [3.05, 3.63) is 36.0 Å². The Morgan fingerprint density at radius 3 is 2.81 bits per heavy atom. The number of hydrogen-bond donors (Lipinski definition) is 2. The molecule has 112 valence electrons. The molecule has 5 nitrogen and oxygen atoms in total. The van der Waals surface area contributed by atoms with Crippen LogP contribution in [0.2, 0.25) is 0 Å². The van der Waals surface area contributed by atoms with Crippen LogP contribution in [0.4, 0.5) is 5.69 Å². The molecule has 2 rings (SSSR count). The van der Waals surface area contributed by atoms with E-state index >= 15 is 0 Å². The quantitative estimate of drug-likeness (QED) is 0.854. The first-order valence-corrected chi connectivity index (χ1v) is 7.19. The van der Waals surface area contributed by atoms with Crippen LogP contribution in [0, 0.1) is 0 Å². The third-order valence-corrected chi connectivity index (χ3v) is 3.46. The molecule has 0 spiro atoms. The first kappa shape index (κ1) is 15.3. The Morgan fingerprint density at radius 1 is 1.38 bits per heavy atom. The van der Waals surface area contributed by atoms with Crippen LogP contribution in [0.1, 0.15) is 23.8 Å². The number of rotatable bonds is 6. The summed E-state index contributed by atoms with van der Waals surface area (Å²) in [6, 6.07) is 9.52. The summed E-state index contributed by atoms with van der Waals surface area (Å²) in [6.07, 6.45) is 0.575. The number of aliphatic hydroxyl groups is 1. The first-order chi connectivity index (χ1) is 10.2. The third kappa shape index (κ3) is 3.31. The molecule has 0 aliphatic heterocycles. The normalized spacial score (nSPS) is 10.6. The second-order valence-electron chi connectivity index (χ2n) is 4.78. The Hall–Kier alpha value is -2.14. The highest BCUT2D eigenvalue weighted by molar-refractivity contribution is 5.99. The fourth-order valence-electron chi connectivity index (χ4n) is 2.32. The Labute approximate surface area is 124 Å². The molecule has 0 aliphatic rings. The maximum absolute atomic E-state index is 12.5. The van der Waals surface area contributed by atoms with Gasteiger partial charge in [0.05, 0.1) is 5.52 Å². The smallest absolute Gasteiger partial charge is 0.272 e. The fourth-order valence-corrected chi connectivity index (χ4v) is 2.32. The molecule has 1 amide bonds. The summed E-state index contributed by atoms with van der Waals surface area (Å²) in [5.74, 6) is -0.104. The standard InChI is InChI=1S/C16H21N3O2/c1-3-19(9-6-10-20)16(21)15-11-14(17-2)12-7-4-5-8-13(12)18-15/h4-5,7-8,11,20H,3,6,9-10H2,1-2H3,(H,17,18). The van der Waals surface area contributed by atoms with Crippen LogP contribution in [-0.2, 0) is 0 Å². The van der Waals surface area contributed by atoms with Crippen LogP contribution < -0.4 is 5.32 Å². The lowest BCUT2D eigenvalue weighted by molar-refractivity contribution is 0.0749. The van der Waals surface area contributed by atoms with Crippen molar-refractivity contribution in [3.8, 4) is 0 Å². The maximum Gasteiger partial charge on any atom is 0.272 e. The van der Waals surface area contributed by atoms with Gasteiger partial charge < -0.3 is 15.3 Å². The lowest BCUT2D eigenvalue weighted by atomic mass is 10.1. The van der Waals surface area contributed by atoms with Crippen LogP contribution in [0.3, 0.4) is 0 Å². The van der Waals surface area contributed by atoms with E-state index in [0.29, 0.717) is 25.2 Å². The third-order valence-electron chi connectivity index (χ3n) is 3.46. The van der Waals surface area contributed by atoms with Crippen molar-refractivity contribution in [1.82, 2.24) is 9.88 Å². The topological polar surface area (TPSA) is 65.5 Å². The SMILES string of the molecule is CCN(CCCO)C(=O)c1cc(NC)c2ccccc2n1. The molecule has 21 heavy (non-hydrogen) atoms. The molecule has 0 saturated heterocycles. The Morgan fingerprint density at radius 2 is 2.14 bits per heavy atom. The summed E-state index contributed by atoms with van der Waals surface area (Å²) in [7, 11) is 1.83. The van der Waals surface area contributed by atoms with Crippen molar-refractivity contribution in [3.63, 3.8) is 0 Å². The number of fused-ring (bicyclic) bond motifs is 1. The number of benzene rings is 1. The van der Waals surface area contributed by atoms with E-state index in [1.165, 1.54) is 0 Å². The summed E-state index contributed by atoms with van der Waals surface area (Å²) in [5.41, 5.74) is 2.12. The van der Waals surface area contributed by atoms with Crippen LogP contribution in [0.25, 0.3) is 10.9 Å². The molecule has 0 radical (unpaired) electrons. The van der Waals surface area contributed by atoms with E-state index < -0.39 is 0 Å². The zero-order chi connectivity index (χ0) is 15.2. The van der Waals surface area contributed by atoms with Gasteiger partial charge in [-0.2, -0.15) is 0 Å². The van der Waals surface area contributed by atoms with Crippen molar-refractivity contribution >= 4 is 22.5 Å². The number of aromatic nitrogens is 1. The number of aliphatic hydroxyl groups excluding tert-OH is 1. The molecule has 0 atom stereocenters. The summed E-state index contributed by atoms with van der Waals surface area (Å²) in [6.45, 7) is 3.14. The number of amides is 1. The molecular formula is C16H21N3O2. The molecule has 2 N–H and O–H groups in total. The number of carbonyl (C=O) groups is 1. The van der Waals surface area contributed by atoms with Gasteiger partial charge in [0.1, 0.15) is 5.69 Å². The van der Waals surface area contributed by atoms with Gasteiger partial charge in [-0.05, 0) is 25.5 Å². The van der Waals surface area contributed by atoms with Gasteiger partial charge in [-0.15, -0.1) is 0 Å². The van der Waals surface area contributed by atoms with E-state index in [9.17, 15) is 4.79 Å². The lowest BCUT2D eigenvalue weighted by Gasteiger charge is -2.20. The van der Waals surface area contributed by atoms with Gasteiger partial charge in [0, 0.05) is 37.8 Å². The average molecular weight is 287 g/mol. The van der Waals surface area contributed by atoms with Gasteiger partial charge in [0.25, 0.3) is 5.91 Å². The van der Waals surface area contributed by atoms with E-state index in [1.807, 2.05) is 38.2 Å². The predicted octanol–water partition coefficient (Wildman–Crippen LogP) is 2.12. The van der Waals surface area contributed by atoms with Gasteiger partial charge in [0.2, 0.25) is 0 Å². The number of hydrogen-bond acceptors (Lipinski definition) is 4. The molecule has 0 unspecified atom stereocenters. The predicted molar refractivity (Wildman–Crippen MR) is 84.6 cm³/mol. The number of pyridine rings is 1. The Kier molecular flexibility index (Phi) is 5.11. The monoisotopic (exact) mass is 287 g/mol.